The predicted octanol–water partition coefficient (Wildman–Crippen LogP) is 3.99. The minimum Gasteiger partial charge on any atom is -0.497 e. The molecule has 1 N–H and O–H groups in total. The molecule has 1 atom stereocenters. The van der Waals surface area contributed by atoms with Crippen molar-refractivity contribution < 1.29 is 19.0 Å². The number of halogens is 1. The minimum absolute atomic E-state index is 0.362. The standard InChI is InChI=1S/C16H17FO3/c1-10-7-16(14(11(2)18)9-15(10)17)20-13-6-4-5-12(8-13)19-3/h4-9,11,18H,1-3H3. The Hall–Kier alpha value is -2.07. The number of aliphatic hydroxyl groups is 1. The van der Waals surface area contributed by atoms with E-state index in [0.717, 1.165) is 0 Å². The van der Waals surface area contributed by atoms with Gasteiger partial charge in [0.15, 0.2) is 0 Å². The van der Waals surface area contributed by atoms with Crippen molar-refractivity contribution in [3.05, 3.63) is 53.3 Å². The third kappa shape index (κ3) is 3.08. The van der Waals surface area contributed by atoms with Crippen molar-refractivity contribution in [2.75, 3.05) is 7.11 Å². The Bertz CT molecular complexity index is 609. The highest BCUT2D eigenvalue weighted by molar-refractivity contribution is 5.43. The number of hydrogen-bond donors (Lipinski definition) is 1. The van der Waals surface area contributed by atoms with Crippen LogP contribution in [0.15, 0.2) is 36.4 Å². The molecule has 0 spiro atoms. The fourth-order valence-electron chi connectivity index (χ4n) is 1.88. The Labute approximate surface area is 117 Å². The first-order chi connectivity index (χ1) is 9.51. The number of rotatable bonds is 4. The van der Waals surface area contributed by atoms with Crippen LogP contribution in [0.3, 0.4) is 0 Å². The van der Waals surface area contributed by atoms with Crippen molar-refractivity contribution in [3.63, 3.8) is 0 Å². The third-order valence-corrected chi connectivity index (χ3v) is 3.01. The van der Waals surface area contributed by atoms with Gasteiger partial charge in [-0.2, -0.15) is 0 Å². The van der Waals surface area contributed by atoms with E-state index in [-0.39, 0.29) is 5.82 Å². The lowest BCUT2D eigenvalue weighted by Crippen LogP contribution is -1.99. The van der Waals surface area contributed by atoms with E-state index in [9.17, 15) is 9.50 Å². The van der Waals surface area contributed by atoms with Gasteiger partial charge < -0.3 is 14.6 Å². The van der Waals surface area contributed by atoms with Gasteiger partial charge in [0.2, 0.25) is 0 Å². The van der Waals surface area contributed by atoms with Crippen LogP contribution in [0.5, 0.6) is 17.2 Å². The fraction of sp³-hybridized carbons (Fsp3) is 0.250. The molecule has 2 rings (SSSR count). The van der Waals surface area contributed by atoms with Gasteiger partial charge in [0.1, 0.15) is 23.1 Å². The van der Waals surface area contributed by atoms with Crippen LogP contribution in [0.4, 0.5) is 4.39 Å². The molecule has 0 aromatic heterocycles. The van der Waals surface area contributed by atoms with Gasteiger partial charge in [0, 0.05) is 11.6 Å². The summed E-state index contributed by atoms with van der Waals surface area (Å²) in [5.74, 6) is 1.31. The lowest BCUT2D eigenvalue weighted by atomic mass is 10.1. The molecule has 0 aliphatic carbocycles. The Balaban J connectivity index is 2.39. The number of aryl methyl sites for hydroxylation is 1. The summed E-state index contributed by atoms with van der Waals surface area (Å²) < 4.78 is 24.5. The first-order valence-corrected chi connectivity index (χ1v) is 6.31. The number of aliphatic hydroxyl groups excluding tert-OH is 1. The van der Waals surface area contributed by atoms with Crippen LogP contribution < -0.4 is 9.47 Å². The van der Waals surface area contributed by atoms with E-state index in [2.05, 4.69) is 0 Å². The van der Waals surface area contributed by atoms with Crippen molar-refractivity contribution in [1.29, 1.82) is 0 Å². The summed E-state index contributed by atoms with van der Waals surface area (Å²) in [7, 11) is 1.57. The SMILES string of the molecule is COc1cccc(Oc2cc(C)c(F)cc2C(C)O)c1. The monoisotopic (exact) mass is 276 g/mol. The highest BCUT2D eigenvalue weighted by Gasteiger charge is 2.14. The van der Waals surface area contributed by atoms with E-state index in [0.29, 0.717) is 28.4 Å². The van der Waals surface area contributed by atoms with Gasteiger partial charge in [-0.15, -0.1) is 0 Å². The van der Waals surface area contributed by atoms with E-state index in [1.165, 1.54) is 6.07 Å². The first kappa shape index (κ1) is 14.3. The molecule has 3 nitrogen and oxygen atoms in total. The molecule has 20 heavy (non-hydrogen) atoms. The van der Waals surface area contributed by atoms with Crippen LogP contribution in [-0.2, 0) is 0 Å². The molecule has 0 saturated heterocycles. The number of ether oxygens (including phenoxy) is 2. The zero-order valence-corrected chi connectivity index (χ0v) is 11.7. The topological polar surface area (TPSA) is 38.7 Å². The second kappa shape index (κ2) is 5.92. The fourth-order valence-corrected chi connectivity index (χ4v) is 1.88. The van der Waals surface area contributed by atoms with E-state index in [1.54, 1.807) is 51.3 Å². The van der Waals surface area contributed by atoms with Gasteiger partial charge in [0.05, 0.1) is 13.2 Å². The molecule has 2 aromatic rings. The smallest absolute Gasteiger partial charge is 0.133 e. The molecule has 1 unspecified atom stereocenters. The number of hydrogen-bond acceptors (Lipinski definition) is 3. The lowest BCUT2D eigenvalue weighted by molar-refractivity contribution is 0.195. The van der Waals surface area contributed by atoms with Crippen LogP contribution in [0.1, 0.15) is 24.2 Å². The maximum Gasteiger partial charge on any atom is 0.133 e. The van der Waals surface area contributed by atoms with Crippen LogP contribution in [-0.4, -0.2) is 12.2 Å². The number of methoxy groups -OCH3 is 1. The largest absolute Gasteiger partial charge is 0.497 e. The normalized spacial score (nSPS) is 12.1. The van der Waals surface area contributed by atoms with E-state index < -0.39 is 6.10 Å². The molecule has 0 heterocycles. The third-order valence-electron chi connectivity index (χ3n) is 3.01. The molecule has 0 amide bonds. The summed E-state index contributed by atoms with van der Waals surface area (Å²) in [4.78, 5) is 0. The molecule has 0 radical (unpaired) electrons. The summed E-state index contributed by atoms with van der Waals surface area (Å²) in [6, 6.07) is 9.98. The zero-order chi connectivity index (χ0) is 14.7. The van der Waals surface area contributed by atoms with E-state index >= 15 is 0 Å². The quantitative estimate of drug-likeness (QED) is 0.917. The molecular formula is C16H17FO3. The Morgan fingerprint density at radius 3 is 2.50 bits per heavy atom. The zero-order valence-electron chi connectivity index (χ0n) is 11.7. The highest BCUT2D eigenvalue weighted by atomic mass is 19.1. The summed E-state index contributed by atoms with van der Waals surface area (Å²) in [6.45, 7) is 3.22. The highest BCUT2D eigenvalue weighted by Crippen LogP contribution is 2.33. The maximum atomic E-state index is 13.6. The molecule has 0 aliphatic rings. The molecule has 0 saturated carbocycles. The summed E-state index contributed by atoms with van der Waals surface area (Å²) in [5, 5.41) is 9.73. The second-order valence-electron chi connectivity index (χ2n) is 4.60. The van der Waals surface area contributed by atoms with Crippen molar-refractivity contribution in [1.82, 2.24) is 0 Å². The van der Waals surface area contributed by atoms with Gasteiger partial charge in [-0.3, -0.25) is 0 Å². The molecule has 0 fully saturated rings. The predicted molar refractivity (Wildman–Crippen MR) is 74.8 cm³/mol. The lowest BCUT2D eigenvalue weighted by Gasteiger charge is -2.15. The Kier molecular flexibility index (Phi) is 4.25. The molecule has 4 heteroatoms. The van der Waals surface area contributed by atoms with E-state index in [1.807, 2.05) is 0 Å². The minimum atomic E-state index is -0.814. The Morgan fingerprint density at radius 1 is 1.15 bits per heavy atom. The van der Waals surface area contributed by atoms with Gasteiger partial charge in [0.25, 0.3) is 0 Å². The first-order valence-electron chi connectivity index (χ1n) is 6.31. The molecular weight excluding hydrogens is 259 g/mol. The van der Waals surface area contributed by atoms with Crippen molar-refractivity contribution in [2.45, 2.75) is 20.0 Å². The van der Waals surface area contributed by atoms with Crippen LogP contribution >= 0.6 is 0 Å². The average molecular weight is 276 g/mol. The van der Waals surface area contributed by atoms with Gasteiger partial charge >= 0.3 is 0 Å². The van der Waals surface area contributed by atoms with Crippen molar-refractivity contribution >= 4 is 0 Å². The molecule has 0 aliphatic heterocycles. The average Bonchev–Trinajstić information content (AvgIpc) is 2.42. The number of benzene rings is 2. The second-order valence-corrected chi connectivity index (χ2v) is 4.60. The summed E-state index contributed by atoms with van der Waals surface area (Å²) >= 11 is 0. The van der Waals surface area contributed by atoms with Crippen molar-refractivity contribution in [2.24, 2.45) is 0 Å². The van der Waals surface area contributed by atoms with Gasteiger partial charge in [-0.1, -0.05) is 6.07 Å². The van der Waals surface area contributed by atoms with Gasteiger partial charge in [-0.05, 0) is 43.7 Å². The van der Waals surface area contributed by atoms with Crippen molar-refractivity contribution in [3.8, 4) is 17.2 Å². The Morgan fingerprint density at radius 2 is 1.85 bits per heavy atom. The molecule has 2 aromatic carbocycles. The van der Waals surface area contributed by atoms with Crippen LogP contribution in [0.25, 0.3) is 0 Å². The molecule has 106 valence electrons. The van der Waals surface area contributed by atoms with Crippen LogP contribution in [0, 0.1) is 12.7 Å². The summed E-state index contributed by atoms with van der Waals surface area (Å²) in [5.41, 5.74) is 0.878. The summed E-state index contributed by atoms with van der Waals surface area (Å²) in [6.07, 6.45) is -0.814. The van der Waals surface area contributed by atoms with E-state index in [4.69, 9.17) is 9.47 Å². The maximum absolute atomic E-state index is 13.6. The molecule has 0 bridgehead atoms. The van der Waals surface area contributed by atoms with Crippen LogP contribution in [0.2, 0.25) is 0 Å². The van der Waals surface area contributed by atoms with Gasteiger partial charge in [-0.25, -0.2) is 4.39 Å².